The molecule has 3 heterocycles. The fraction of sp³-hybridized carbons (Fsp3) is 0.363. The SMILES string of the molecule is CC(=O)Nc1cccc2c1C(=O)OC2=O.CCOc1cc(C(CS(C)(=O)=O)N2C(=O)c3cccc(NC(C)=O)c3C2=O)ccc1OC.CCOc1cc(C(CS(C)(=O)=O)N[Si](C)(C)C)ccc1C.CCOc1cc(C(N)CS(C)(=O)=O)ccc1C.CCOc1cc(C=O)ccc1C.CCOc1cc([C@@H](CS(C)(=O)=O)N2C(=O)c3cccc(NC(C)=O)c3C2=O)ccc1OC.Cl. The summed E-state index contributed by atoms with van der Waals surface area (Å²) in [5.41, 5.74) is 13.5. The van der Waals surface area contributed by atoms with Gasteiger partial charge in [0.15, 0.2) is 23.0 Å². The van der Waals surface area contributed by atoms with Crippen LogP contribution in [0.1, 0.15) is 191 Å². The minimum Gasteiger partial charge on any atom is -0.494 e. The first-order chi connectivity index (χ1) is 60.3. The number of hydrogen-bond acceptors (Lipinski definition) is 28. The van der Waals surface area contributed by atoms with E-state index in [0.29, 0.717) is 78.4 Å². The van der Waals surface area contributed by atoms with Crippen LogP contribution in [0.3, 0.4) is 0 Å². The molecule has 4 atom stereocenters. The summed E-state index contributed by atoms with van der Waals surface area (Å²) in [4.78, 5) is 125. The maximum Gasteiger partial charge on any atom is 0.349 e. The molecule has 0 radical (unpaired) electrons. The number of cyclic esters (lactones) is 2. The topological polar surface area (TPSA) is 462 Å². The number of nitrogens with zero attached hydrogens (tertiary/aromatic N) is 2. The summed E-state index contributed by atoms with van der Waals surface area (Å²) in [6, 6.07) is 37.2. The highest BCUT2D eigenvalue weighted by Gasteiger charge is 2.46. The number of fused-ring (bicyclic) bond motifs is 3. The Hall–Kier alpha value is -11.9. The van der Waals surface area contributed by atoms with Crippen molar-refractivity contribution < 1.29 is 120 Å². The van der Waals surface area contributed by atoms with Crippen molar-refractivity contribution >= 4 is 137 Å². The molecule has 6 N–H and O–H groups in total. The smallest absolute Gasteiger partial charge is 0.349 e. The van der Waals surface area contributed by atoms with Gasteiger partial charge in [-0.05, 0) is 173 Å². The number of methoxy groups -OCH3 is 2. The van der Waals surface area contributed by atoms with E-state index >= 15 is 0 Å². The van der Waals surface area contributed by atoms with E-state index in [-0.39, 0.29) is 80.6 Å². The molecule has 0 spiro atoms. The first-order valence-corrected chi connectivity index (χ1v) is 52.3. The predicted molar refractivity (Wildman–Crippen MR) is 501 cm³/mol. The van der Waals surface area contributed by atoms with Gasteiger partial charge in [-0.15, -0.1) is 12.4 Å². The summed E-state index contributed by atoms with van der Waals surface area (Å²) in [5.74, 6) is -2.10. The largest absolute Gasteiger partial charge is 0.494 e. The van der Waals surface area contributed by atoms with Crippen LogP contribution in [-0.2, 0) is 58.5 Å². The number of aldehydes is 1. The number of hydrogen-bond donors (Lipinski definition) is 5. The summed E-state index contributed by atoms with van der Waals surface area (Å²) in [6.45, 7) is 28.1. The lowest BCUT2D eigenvalue weighted by molar-refractivity contribution is -0.115. The molecule has 0 aromatic heterocycles. The third-order valence-electron chi connectivity index (χ3n) is 18.8. The van der Waals surface area contributed by atoms with E-state index in [9.17, 15) is 81.6 Å². The molecule has 0 aliphatic carbocycles. The molecule has 130 heavy (non-hydrogen) atoms. The van der Waals surface area contributed by atoms with Gasteiger partial charge in [0.25, 0.3) is 23.6 Å². The van der Waals surface area contributed by atoms with Gasteiger partial charge in [0.2, 0.25) is 17.7 Å². The number of nitrogens with one attached hydrogen (secondary N) is 4. The summed E-state index contributed by atoms with van der Waals surface area (Å²) in [5, 5.41) is 7.57. The molecule has 11 rings (SSSR count). The molecule has 3 unspecified atom stereocenters. The van der Waals surface area contributed by atoms with Gasteiger partial charge in [-0.1, -0.05) is 86.4 Å². The molecule has 704 valence electrons. The number of esters is 2. The van der Waals surface area contributed by atoms with Crippen molar-refractivity contribution in [2.75, 3.05) is 111 Å². The van der Waals surface area contributed by atoms with Crippen LogP contribution in [0.15, 0.2) is 146 Å². The number of rotatable bonds is 32. The maximum atomic E-state index is 13.3. The van der Waals surface area contributed by atoms with Crippen molar-refractivity contribution in [3.63, 3.8) is 0 Å². The second-order valence-electron chi connectivity index (χ2n) is 31.0. The quantitative estimate of drug-likeness (QED) is 0.00859. The van der Waals surface area contributed by atoms with E-state index in [2.05, 4.69) is 45.3 Å². The zero-order valence-corrected chi connectivity index (χ0v) is 81.3. The molecule has 39 heteroatoms. The Morgan fingerprint density at radius 2 is 0.746 bits per heavy atom. The van der Waals surface area contributed by atoms with Crippen molar-refractivity contribution in [3.05, 3.63) is 223 Å². The number of sulfone groups is 4. The zero-order chi connectivity index (χ0) is 96.5. The number of ether oxygens (including phenoxy) is 8. The molecular formula is C91H114ClN7O26S4Si. The Morgan fingerprint density at radius 1 is 0.415 bits per heavy atom. The van der Waals surface area contributed by atoms with Crippen LogP contribution in [0.4, 0.5) is 17.1 Å². The fourth-order valence-corrected chi connectivity index (χ4v) is 18.5. The number of benzene rings is 8. The Kier molecular flexibility index (Phi) is 40.2. The van der Waals surface area contributed by atoms with Gasteiger partial charge in [-0.2, -0.15) is 0 Å². The lowest BCUT2D eigenvalue weighted by atomic mass is 10.1. The van der Waals surface area contributed by atoms with Crippen LogP contribution in [0.5, 0.6) is 40.2 Å². The predicted octanol–water partition coefficient (Wildman–Crippen LogP) is 12.8. The average Bonchev–Trinajstić information content (AvgIpc) is 1.77. The van der Waals surface area contributed by atoms with E-state index in [4.69, 9.17) is 38.9 Å². The van der Waals surface area contributed by atoms with Crippen LogP contribution in [0.25, 0.3) is 0 Å². The molecule has 0 saturated heterocycles. The standard InChI is InChI=1S/2C22H24N2O7S.C15H27NO3SSi.C12H19NO3S.C10H7NO4.C10H12O2.ClH/c2*1-5-31-19-11-14(9-10-18(19)30-3)17(12-32(4,28)29)24-21(26)15-7-6-8-16(23-13(2)25)20(15)22(24)27;1-7-19-15-10-13(9-8-12(15)2)14(11-20(3,17)18)16-21(4,5)6;1-4-16-12-7-10(6-5-9(12)2)11(13)8-17(3,14)15;1-5(12)11-7-4-2-3-6-8(7)10(14)15-9(6)13;1-3-12-10-6-9(7-11)5-4-8(10)2;/h2*6-11,17H,5,12H2,1-4H3,(H,23,25);8-10,14,16H,7,11H2,1-6H3;5-7,11H,4,8,13H2,1-3H3;2-4H,1H3,(H,11,12);4-7H,3H2,1-2H3;1H/t17-;;;;;;/m1....../s1. The van der Waals surface area contributed by atoms with Gasteiger partial charge in [0, 0.05) is 63.4 Å². The van der Waals surface area contributed by atoms with Gasteiger partial charge in [-0.25, -0.2) is 43.3 Å². The lowest BCUT2D eigenvalue weighted by Crippen LogP contribution is -2.45. The van der Waals surface area contributed by atoms with Crippen LogP contribution in [-0.4, -0.2) is 207 Å². The molecule has 33 nitrogen and oxygen atoms in total. The monoisotopic (exact) mass is 1910 g/mol. The number of anilines is 3. The third kappa shape index (κ3) is 31.5. The van der Waals surface area contributed by atoms with Gasteiger partial charge >= 0.3 is 11.9 Å². The van der Waals surface area contributed by atoms with Crippen molar-refractivity contribution in [3.8, 4) is 40.2 Å². The highest BCUT2D eigenvalue weighted by Crippen LogP contribution is 2.42. The first-order valence-electron chi connectivity index (χ1n) is 40.6. The summed E-state index contributed by atoms with van der Waals surface area (Å²) in [6.07, 6.45) is 5.36. The minimum absolute atomic E-state index is 0. The number of aryl methyl sites for hydroxylation is 3. The zero-order valence-electron chi connectivity index (χ0n) is 76.2. The van der Waals surface area contributed by atoms with Gasteiger partial charge in [0.1, 0.15) is 71.1 Å². The number of carbonyl (C=O) groups is 10. The molecule has 3 aliphatic rings. The van der Waals surface area contributed by atoms with Gasteiger partial charge < -0.3 is 64.6 Å². The molecule has 8 aromatic rings. The molecule has 7 amide bonds. The molecular weight excluding hydrogens is 1800 g/mol. The van der Waals surface area contributed by atoms with E-state index in [1.807, 2.05) is 84.0 Å². The third-order valence-corrected chi connectivity index (χ3v) is 23.8. The van der Waals surface area contributed by atoms with E-state index in [0.717, 1.165) is 73.7 Å². The fourth-order valence-electron chi connectivity index (χ4n) is 13.5. The average molecular weight is 1910 g/mol. The number of carbonyl (C=O) groups excluding carboxylic acids is 10. The number of nitrogens with two attached hydrogens (primary N) is 1. The van der Waals surface area contributed by atoms with Crippen LogP contribution in [0.2, 0.25) is 19.6 Å². The highest BCUT2D eigenvalue weighted by atomic mass is 35.5. The Morgan fingerprint density at radius 3 is 1.10 bits per heavy atom. The highest BCUT2D eigenvalue weighted by molar-refractivity contribution is 7.91. The Bertz CT molecular complexity index is 5800. The van der Waals surface area contributed by atoms with E-state index < -0.39 is 125 Å². The maximum absolute atomic E-state index is 13.3. The summed E-state index contributed by atoms with van der Waals surface area (Å²) >= 11 is 0. The minimum atomic E-state index is -3.60. The molecule has 3 aliphatic heterocycles. The first kappa shape index (κ1) is 109. The molecule has 0 saturated carbocycles. The van der Waals surface area contributed by atoms with Crippen molar-refractivity contribution in [1.29, 1.82) is 0 Å². The van der Waals surface area contributed by atoms with Crippen molar-refractivity contribution in [2.24, 2.45) is 5.73 Å². The second kappa shape index (κ2) is 48.1. The van der Waals surface area contributed by atoms with E-state index in [1.54, 1.807) is 86.6 Å². The number of imide groups is 2. The Balaban J connectivity index is 0.000000285. The molecule has 0 bridgehead atoms. The van der Waals surface area contributed by atoms with Crippen LogP contribution in [0, 0.1) is 20.8 Å². The summed E-state index contributed by atoms with van der Waals surface area (Å²) < 4.78 is 137. The normalized spacial score (nSPS) is 13.4. The molecule has 8 aromatic carbocycles. The van der Waals surface area contributed by atoms with Crippen molar-refractivity contribution in [1.82, 2.24) is 14.8 Å². The number of halogens is 1. The molecule has 0 fully saturated rings. The second-order valence-corrected chi connectivity index (χ2v) is 44.5. The number of amides is 7. The van der Waals surface area contributed by atoms with Gasteiger partial charge in [-0.3, -0.25) is 48.2 Å². The lowest BCUT2D eigenvalue weighted by Gasteiger charge is -2.27. The van der Waals surface area contributed by atoms with Crippen LogP contribution >= 0.6 is 12.4 Å². The van der Waals surface area contributed by atoms with E-state index in [1.165, 1.54) is 77.8 Å². The van der Waals surface area contributed by atoms with Crippen LogP contribution < -0.4 is 59.8 Å². The Labute approximate surface area is 766 Å². The van der Waals surface area contributed by atoms with Crippen molar-refractivity contribution in [2.45, 2.75) is 120 Å². The summed E-state index contributed by atoms with van der Waals surface area (Å²) in [7, 11) is -12.0. The van der Waals surface area contributed by atoms with Gasteiger partial charge in [0.05, 0.1) is 133 Å².